The molecule has 100 valence electrons. The lowest BCUT2D eigenvalue weighted by molar-refractivity contribution is -0.267. The molecule has 3 nitrogen and oxygen atoms in total. The van der Waals surface area contributed by atoms with Gasteiger partial charge in [-0.05, 0) is 20.3 Å². The van der Waals surface area contributed by atoms with E-state index in [9.17, 15) is 5.11 Å². The molecule has 0 unspecified atom stereocenters. The molecule has 1 fully saturated rings. The second-order valence-corrected chi connectivity index (χ2v) is 5.72. The Morgan fingerprint density at radius 2 is 2.00 bits per heavy atom. The fourth-order valence-electron chi connectivity index (χ4n) is 2.52. The quantitative estimate of drug-likeness (QED) is 0.864. The van der Waals surface area contributed by atoms with Crippen molar-refractivity contribution in [1.82, 2.24) is 5.32 Å². The third-order valence-corrected chi connectivity index (χ3v) is 3.46. The summed E-state index contributed by atoms with van der Waals surface area (Å²) in [4.78, 5) is 0. The summed E-state index contributed by atoms with van der Waals surface area (Å²) < 4.78 is 5.82. The first-order chi connectivity index (χ1) is 8.48. The summed E-state index contributed by atoms with van der Waals surface area (Å²) in [5.74, 6) is -1.22. The van der Waals surface area contributed by atoms with Crippen LogP contribution in [0.1, 0.15) is 39.2 Å². The predicted octanol–water partition coefficient (Wildman–Crippen LogP) is 2.40. The van der Waals surface area contributed by atoms with Crippen LogP contribution in [0.3, 0.4) is 0 Å². The van der Waals surface area contributed by atoms with E-state index in [1.54, 1.807) is 0 Å². The van der Waals surface area contributed by atoms with Gasteiger partial charge in [-0.2, -0.15) is 0 Å². The van der Waals surface area contributed by atoms with Gasteiger partial charge in [0, 0.05) is 11.1 Å². The summed E-state index contributed by atoms with van der Waals surface area (Å²) in [6.45, 7) is 6.81. The van der Waals surface area contributed by atoms with E-state index in [0.717, 1.165) is 18.4 Å². The highest BCUT2D eigenvalue weighted by Crippen LogP contribution is 2.34. The number of aliphatic hydroxyl groups is 1. The van der Waals surface area contributed by atoms with Crippen molar-refractivity contribution >= 4 is 0 Å². The van der Waals surface area contributed by atoms with Crippen molar-refractivity contribution in [3.8, 4) is 0 Å². The third kappa shape index (κ3) is 2.58. The first kappa shape index (κ1) is 13.5. The minimum atomic E-state index is -1.22. The van der Waals surface area contributed by atoms with Crippen LogP contribution in [0.5, 0.6) is 0 Å². The van der Waals surface area contributed by atoms with Crippen LogP contribution in [0.4, 0.5) is 0 Å². The van der Waals surface area contributed by atoms with Crippen molar-refractivity contribution < 1.29 is 9.84 Å². The maximum atomic E-state index is 10.9. The van der Waals surface area contributed by atoms with Crippen molar-refractivity contribution in [2.24, 2.45) is 0 Å². The largest absolute Gasteiger partial charge is 0.361 e. The summed E-state index contributed by atoms with van der Waals surface area (Å²) in [7, 11) is 0. The van der Waals surface area contributed by atoms with Gasteiger partial charge in [0.25, 0.3) is 0 Å². The Bertz CT molecular complexity index is 391. The monoisotopic (exact) mass is 249 g/mol. The predicted molar refractivity (Wildman–Crippen MR) is 72.2 cm³/mol. The number of morpholine rings is 1. The zero-order chi connectivity index (χ0) is 13.2. The molecule has 0 aliphatic carbocycles. The Morgan fingerprint density at radius 1 is 1.33 bits per heavy atom. The van der Waals surface area contributed by atoms with E-state index >= 15 is 0 Å². The normalized spacial score (nSPS) is 31.2. The van der Waals surface area contributed by atoms with E-state index in [-0.39, 0.29) is 11.6 Å². The molecule has 0 bridgehead atoms. The van der Waals surface area contributed by atoms with Gasteiger partial charge in [0.1, 0.15) is 0 Å². The van der Waals surface area contributed by atoms with Crippen LogP contribution < -0.4 is 5.32 Å². The molecule has 1 heterocycles. The molecular weight excluding hydrogens is 226 g/mol. The molecule has 1 aromatic rings. The Morgan fingerprint density at radius 3 is 2.61 bits per heavy atom. The lowest BCUT2D eigenvalue weighted by atomic mass is 9.89. The van der Waals surface area contributed by atoms with E-state index in [0.29, 0.717) is 6.61 Å². The first-order valence-corrected chi connectivity index (χ1v) is 6.67. The standard InChI is InChI=1S/C15H23NO2/c1-4-8-13-15(17,12-9-6-5-7-10-12)18-11-14(2,3)16-13/h5-7,9-10,13,16-17H,4,8,11H2,1-3H3/t13-,15-/m0/s1. The average Bonchev–Trinajstić information content (AvgIpc) is 2.35. The van der Waals surface area contributed by atoms with E-state index in [2.05, 4.69) is 26.1 Å². The van der Waals surface area contributed by atoms with Gasteiger partial charge in [0.2, 0.25) is 5.79 Å². The van der Waals surface area contributed by atoms with Crippen molar-refractivity contribution in [2.75, 3.05) is 6.61 Å². The number of hydrogen-bond acceptors (Lipinski definition) is 3. The molecular formula is C15H23NO2. The fourth-order valence-corrected chi connectivity index (χ4v) is 2.52. The average molecular weight is 249 g/mol. The Hall–Kier alpha value is -0.900. The first-order valence-electron chi connectivity index (χ1n) is 6.67. The molecule has 3 heteroatoms. The van der Waals surface area contributed by atoms with Crippen LogP contribution in [0.15, 0.2) is 30.3 Å². The zero-order valence-electron chi connectivity index (χ0n) is 11.4. The van der Waals surface area contributed by atoms with Crippen molar-refractivity contribution in [2.45, 2.75) is 51.0 Å². The molecule has 1 aromatic carbocycles. The molecule has 0 amide bonds. The third-order valence-electron chi connectivity index (χ3n) is 3.46. The molecule has 1 saturated heterocycles. The molecule has 18 heavy (non-hydrogen) atoms. The number of benzene rings is 1. The summed E-state index contributed by atoms with van der Waals surface area (Å²) in [6, 6.07) is 9.57. The number of ether oxygens (including phenoxy) is 1. The maximum Gasteiger partial charge on any atom is 0.208 e. The molecule has 2 atom stereocenters. The second kappa shape index (κ2) is 5.00. The molecule has 0 aromatic heterocycles. The van der Waals surface area contributed by atoms with Gasteiger partial charge in [-0.3, -0.25) is 0 Å². The maximum absolute atomic E-state index is 10.9. The molecule has 0 radical (unpaired) electrons. The van der Waals surface area contributed by atoms with E-state index in [1.165, 1.54) is 0 Å². The van der Waals surface area contributed by atoms with Crippen LogP contribution in [0.25, 0.3) is 0 Å². The van der Waals surface area contributed by atoms with Crippen molar-refractivity contribution in [3.05, 3.63) is 35.9 Å². The highest BCUT2D eigenvalue weighted by Gasteiger charge is 2.46. The van der Waals surface area contributed by atoms with Gasteiger partial charge in [0.05, 0.1) is 12.6 Å². The van der Waals surface area contributed by atoms with Crippen molar-refractivity contribution in [1.29, 1.82) is 0 Å². The lowest BCUT2D eigenvalue weighted by Crippen LogP contribution is -2.64. The smallest absolute Gasteiger partial charge is 0.208 e. The fraction of sp³-hybridized carbons (Fsp3) is 0.600. The van der Waals surface area contributed by atoms with Crippen LogP contribution in [-0.4, -0.2) is 23.3 Å². The lowest BCUT2D eigenvalue weighted by Gasteiger charge is -2.47. The summed E-state index contributed by atoms with van der Waals surface area (Å²) in [5, 5.41) is 14.4. The van der Waals surface area contributed by atoms with Crippen LogP contribution in [0.2, 0.25) is 0 Å². The van der Waals surface area contributed by atoms with Crippen LogP contribution >= 0.6 is 0 Å². The summed E-state index contributed by atoms with van der Waals surface area (Å²) >= 11 is 0. The topological polar surface area (TPSA) is 41.5 Å². The van der Waals surface area contributed by atoms with Gasteiger partial charge < -0.3 is 15.2 Å². The zero-order valence-corrected chi connectivity index (χ0v) is 11.4. The number of rotatable bonds is 3. The highest BCUT2D eigenvalue weighted by molar-refractivity contribution is 5.23. The SMILES string of the molecule is CCC[C@@H]1NC(C)(C)CO[C@@]1(O)c1ccccc1. The Labute approximate surface area is 109 Å². The minimum absolute atomic E-state index is 0.0753. The van der Waals surface area contributed by atoms with E-state index in [4.69, 9.17) is 4.74 Å². The number of hydrogen-bond donors (Lipinski definition) is 2. The molecule has 2 N–H and O–H groups in total. The van der Waals surface area contributed by atoms with E-state index in [1.807, 2.05) is 30.3 Å². The van der Waals surface area contributed by atoms with Crippen molar-refractivity contribution in [3.63, 3.8) is 0 Å². The summed E-state index contributed by atoms with van der Waals surface area (Å²) in [6.07, 6.45) is 1.89. The highest BCUT2D eigenvalue weighted by atomic mass is 16.6. The van der Waals surface area contributed by atoms with Gasteiger partial charge in [-0.25, -0.2) is 0 Å². The minimum Gasteiger partial charge on any atom is -0.361 e. The number of nitrogens with one attached hydrogen (secondary N) is 1. The van der Waals surface area contributed by atoms with Gasteiger partial charge >= 0.3 is 0 Å². The molecule has 2 rings (SSSR count). The van der Waals surface area contributed by atoms with Crippen LogP contribution in [-0.2, 0) is 10.5 Å². The summed E-state index contributed by atoms with van der Waals surface area (Å²) in [5.41, 5.74) is 0.729. The molecule has 1 aliphatic rings. The molecule has 0 spiro atoms. The van der Waals surface area contributed by atoms with Crippen LogP contribution in [0, 0.1) is 0 Å². The Kier molecular flexibility index (Phi) is 3.76. The van der Waals surface area contributed by atoms with Gasteiger partial charge in [0.15, 0.2) is 0 Å². The van der Waals surface area contributed by atoms with Gasteiger partial charge in [-0.15, -0.1) is 0 Å². The second-order valence-electron chi connectivity index (χ2n) is 5.72. The van der Waals surface area contributed by atoms with E-state index < -0.39 is 5.79 Å². The van der Waals surface area contributed by atoms with Gasteiger partial charge in [-0.1, -0.05) is 43.7 Å². The molecule has 0 saturated carbocycles. The Balaban J connectivity index is 2.29. The molecule has 1 aliphatic heterocycles.